The highest BCUT2D eigenvalue weighted by Crippen LogP contribution is 2.23. The molecule has 0 saturated carbocycles. The number of rotatable bonds is 5. The number of halogens is 2. The molecule has 0 aliphatic carbocycles. The molecule has 112 valence electrons. The summed E-state index contributed by atoms with van der Waals surface area (Å²) in [5.74, 6) is 1.49. The van der Waals surface area contributed by atoms with Gasteiger partial charge in [-0.05, 0) is 34.5 Å². The third-order valence-corrected chi connectivity index (χ3v) is 3.33. The lowest BCUT2D eigenvalue weighted by Crippen LogP contribution is -2.44. The number of hydrogen-bond acceptors (Lipinski definition) is 5. The Bertz CT molecular complexity index is 445. The second-order valence-corrected chi connectivity index (χ2v) is 5.14. The summed E-state index contributed by atoms with van der Waals surface area (Å²) in [6, 6.07) is 7.57. The molecule has 0 spiro atoms. The van der Waals surface area contributed by atoms with Crippen molar-refractivity contribution in [3.05, 3.63) is 28.7 Å². The average Bonchev–Trinajstić information content (AvgIpc) is 2.45. The van der Waals surface area contributed by atoms with Crippen LogP contribution >= 0.6 is 39.9 Å². The first kappa shape index (κ1) is 17.5. The molecule has 7 heteroatoms. The van der Waals surface area contributed by atoms with E-state index in [-0.39, 0.29) is 30.6 Å². The monoisotopic (exact) mass is 455 g/mol. The van der Waals surface area contributed by atoms with Gasteiger partial charge in [0.25, 0.3) is 0 Å². The third kappa shape index (κ3) is 5.84. The fourth-order valence-electron chi connectivity index (χ4n) is 1.67. The van der Waals surface area contributed by atoms with Crippen LogP contribution in [0.15, 0.2) is 33.7 Å². The Morgan fingerprint density at radius 3 is 2.95 bits per heavy atom. The molecule has 1 aromatic rings. The van der Waals surface area contributed by atoms with Gasteiger partial charge in [-0.3, -0.25) is 4.99 Å². The van der Waals surface area contributed by atoms with Crippen LogP contribution < -0.4 is 15.4 Å². The number of ether oxygens (including phenoxy) is 1. The molecule has 1 unspecified atom stereocenters. The number of aliphatic imine (C=N–C) groups is 1. The number of nitrogens with one attached hydrogen (secondary N) is 2. The zero-order valence-corrected chi connectivity index (χ0v) is 14.9. The molecule has 0 saturated heterocycles. The van der Waals surface area contributed by atoms with Gasteiger partial charge in [-0.15, -0.1) is 24.0 Å². The number of guanidine groups is 1. The molecular weight excluding hydrogens is 437 g/mol. The zero-order chi connectivity index (χ0) is 13.5. The van der Waals surface area contributed by atoms with E-state index in [9.17, 15) is 5.11 Å². The predicted molar refractivity (Wildman–Crippen MR) is 94.0 cm³/mol. The van der Waals surface area contributed by atoms with Crippen molar-refractivity contribution >= 4 is 45.9 Å². The van der Waals surface area contributed by atoms with Crippen LogP contribution in [0.2, 0.25) is 0 Å². The van der Waals surface area contributed by atoms with Gasteiger partial charge in [0.15, 0.2) is 5.96 Å². The summed E-state index contributed by atoms with van der Waals surface area (Å²) in [5.41, 5.74) is 0. The molecule has 0 fully saturated rings. The van der Waals surface area contributed by atoms with Crippen molar-refractivity contribution in [1.82, 2.24) is 10.6 Å². The van der Waals surface area contributed by atoms with Crippen molar-refractivity contribution in [2.75, 3.05) is 26.2 Å². The Balaban J connectivity index is 0.00000200. The number of para-hydroxylation sites is 1. The lowest BCUT2D eigenvalue weighted by Gasteiger charge is -2.18. The first-order valence-corrected chi connectivity index (χ1v) is 7.12. The minimum Gasteiger partial charge on any atom is -0.490 e. The van der Waals surface area contributed by atoms with Crippen LogP contribution in [0.4, 0.5) is 0 Å². The highest BCUT2D eigenvalue weighted by atomic mass is 127. The van der Waals surface area contributed by atoms with Crippen molar-refractivity contribution in [3.8, 4) is 5.75 Å². The summed E-state index contributed by atoms with van der Waals surface area (Å²) in [7, 11) is 0. The number of benzene rings is 1. The molecule has 0 bridgehead atoms. The van der Waals surface area contributed by atoms with E-state index in [1.807, 2.05) is 24.3 Å². The summed E-state index contributed by atoms with van der Waals surface area (Å²) >= 11 is 3.40. The van der Waals surface area contributed by atoms with Gasteiger partial charge in [0.2, 0.25) is 0 Å². The molecule has 1 heterocycles. The Morgan fingerprint density at radius 1 is 1.45 bits per heavy atom. The van der Waals surface area contributed by atoms with E-state index in [1.165, 1.54) is 0 Å². The van der Waals surface area contributed by atoms with Crippen molar-refractivity contribution in [3.63, 3.8) is 0 Å². The van der Waals surface area contributed by atoms with Crippen LogP contribution in [0.5, 0.6) is 5.75 Å². The zero-order valence-electron chi connectivity index (χ0n) is 11.0. The molecule has 1 atom stereocenters. The second-order valence-electron chi connectivity index (χ2n) is 4.29. The fraction of sp³-hybridized carbons (Fsp3) is 0.462. The van der Waals surface area contributed by atoms with Crippen molar-refractivity contribution in [2.24, 2.45) is 4.99 Å². The molecule has 1 aliphatic rings. The summed E-state index contributed by atoms with van der Waals surface area (Å²) < 4.78 is 6.42. The highest BCUT2D eigenvalue weighted by Gasteiger charge is 2.09. The van der Waals surface area contributed by atoms with Gasteiger partial charge in [0.1, 0.15) is 18.5 Å². The van der Waals surface area contributed by atoms with Crippen molar-refractivity contribution < 1.29 is 9.84 Å². The van der Waals surface area contributed by atoms with Crippen molar-refractivity contribution in [1.29, 1.82) is 0 Å². The molecule has 5 nitrogen and oxygen atoms in total. The van der Waals surface area contributed by atoms with E-state index in [0.717, 1.165) is 35.7 Å². The van der Waals surface area contributed by atoms with Gasteiger partial charge < -0.3 is 20.5 Å². The molecule has 1 aliphatic heterocycles. The van der Waals surface area contributed by atoms with Gasteiger partial charge >= 0.3 is 0 Å². The van der Waals surface area contributed by atoms with E-state index in [1.54, 1.807) is 0 Å². The molecule has 3 N–H and O–H groups in total. The minimum absolute atomic E-state index is 0. The lowest BCUT2D eigenvalue weighted by atomic mass is 10.3. The summed E-state index contributed by atoms with van der Waals surface area (Å²) in [5, 5.41) is 16.1. The predicted octanol–water partition coefficient (Wildman–Crippen LogP) is 1.75. The summed E-state index contributed by atoms with van der Waals surface area (Å²) in [6.07, 6.45) is 0.470. The van der Waals surface area contributed by atoms with Crippen LogP contribution in [0.3, 0.4) is 0 Å². The van der Waals surface area contributed by atoms with Gasteiger partial charge in [0.05, 0.1) is 4.47 Å². The molecule has 1 aromatic carbocycles. The Morgan fingerprint density at radius 2 is 2.25 bits per heavy atom. The van der Waals surface area contributed by atoms with E-state index in [0.29, 0.717) is 6.54 Å². The summed E-state index contributed by atoms with van der Waals surface area (Å²) in [4.78, 5) is 4.27. The molecule has 2 rings (SSSR count). The normalized spacial score (nSPS) is 15.4. The minimum atomic E-state index is -0.585. The van der Waals surface area contributed by atoms with Gasteiger partial charge in [-0.25, -0.2) is 0 Å². The van der Waals surface area contributed by atoms with Crippen LogP contribution in [0, 0.1) is 0 Å². The Labute approximate surface area is 144 Å². The van der Waals surface area contributed by atoms with E-state index in [4.69, 9.17) is 4.74 Å². The maximum absolute atomic E-state index is 9.85. The first-order valence-electron chi connectivity index (χ1n) is 6.33. The van der Waals surface area contributed by atoms with Crippen molar-refractivity contribution in [2.45, 2.75) is 12.5 Å². The average molecular weight is 456 g/mol. The molecule has 0 amide bonds. The van der Waals surface area contributed by atoms with Gasteiger partial charge in [-0.1, -0.05) is 12.1 Å². The van der Waals surface area contributed by atoms with Crippen LogP contribution in [-0.2, 0) is 0 Å². The Hall–Kier alpha value is -0.540. The fourth-order valence-corrected chi connectivity index (χ4v) is 2.07. The quantitative estimate of drug-likeness (QED) is 0.592. The topological polar surface area (TPSA) is 65.9 Å². The Kier molecular flexibility index (Phi) is 8.24. The van der Waals surface area contributed by atoms with Gasteiger partial charge in [-0.2, -0.15) is 0 Å². The SMILES string of the molecule is I.OC(CNC1=NCCCN1)COc1ccccc1Br. The molecule has 0 aromatic heterocycles. The number of nitrogens with zero attached hydrogens (tertiary/aromatic N) is 1. The second kappa shape index (κ2) is 9.41. The smallest absolute Gasteiger partial charge is 0.191 e. The van der Waals surface area contributed by atoms with E-state index >= 15 is 0 Å². The third-order valence-electron chi connectivity index (χ3n) is 2.67. The largest absolute Gasteiger partial charge is 0.490 e. The summed E-state index contributed by atoms with van der Waals surface area (Å²) in [6.45, 7) is 2.41. The standard InChI is InChI=1S/C13H18BrN3O2.HI/c14-11-4-1-2-5-12(11)19-9-10(18)8-17-13-15-6-3-7-16-13;/h1-2,4-5,10,18H,3,6-9H2,(H2,15,16,17);1H. The number of aliphatic hydroxyl groups excluding tert-OH is 1. The maximum atomic E-state index is 9.85. The van der Waals surface area contributed by atoms with Crippen LogP contribution in [0.25, 0.3) is 0 Å². The molecule has 20 heavy (non-hydrogen) atoms. The molecular formula is C13H19BrIN3O2. The highest BCUT2D eigenvalue weighted by molar-refractivity contribution is 14.0. The maximum Gasteiger partial charge on any atom is 0.191 e. The number of aliphatic hydroxyl groups is 1. The number of hydrogen-bond donors (Lipinski definition) is 3. The molecule has 0 radical (unpaired) electrons. The lowest BCUT2D eigenvalue weighted by molar-refractivity contribution is 0.110. The van der Waals surface area contributed by atoms with Gasteiger partial charge in [0, 0.05) is 19.6 Å². The van der Waals surface area contributed by atoms with E-state index < -0.39 is 6.10 Å². The van der Waals surface area contributed by atoms with E-state index in [2.05, 4.69) is 31.6 Å². The van der Waals surface area contributed by atoms with Crippen LogP contribution in [-0.4, -0.2) is 43.4 Å². The van der Waals surface area contributed by atoms with Crippen LogP contribution in [0.1, 0.15) is 6.42 Å². The first-order chi connectivity index (χ1) is 9.25.